The lowest BCUT2D eigenvalue weighted by atomic mass is 10.0. The third-order valence-corrected chi connectivity index (χ3v) is 5.34. The van der Waals surface area contributed by atoms with Gasteiger partial charge in [0.1, 0.15) is 11.5 Å². The Morgan fingerprint density at radius 1 is 1.30 bits per heavy atom. The monoisotopic (exact) mass is 381 g/mol. The number of carbonyl (C=O) groups excluding carboxylic acids is 1. The summed E-state index contributed by atoms with van der Waals surface area (Å²) in [6.07, 6.45) is 5.72. The van der Waals surface area contributed by atoms with Crippen LogP contribution in [0.5, 0.6) is 0 Å². The highest BCUT2D eigenvalue weighted by atomic mass is 32.1. The van der Waals surface area contributed by atoms with Crippen LogP contribution >= 0.6 is 11.3 Å². The molecule has 4 rings (SSSR count). The maximum Gasteiger partial charge on any atom is 0.274 e. The van der Waals surface area contributed by atoms with Crippen molar-refractivity contribution in [1.82, 2.24) is 24.8 Å². The minimum absolute atomic E-state index is 0.184. The van der Waals surface area contributed by atoms with Crippen molar-refractivity contribution in [3.8, 4) is 11.3 Å². The SMILES string of the molecule is Cc1cnc(C(=O)N2CCCC[C@@H]2c2nc(-c3ccsc3)cc(=O)[nH]2)cn1. The van der Waals surface area contributed by atoms with Gasteiger partial charge in [0.05, 0.1) is 23.6 Å². The largest absolute Gasteiger partial charge is 0.327 e. The lowest BCUT2D eigenvalue weighted by Gasteiger charge is -2.34. The van der Waals surface area contributed by atoms with E-state index in [-0.39, 0.29) is 17.5 Å². The van der Waals surface area contributed by atoms with Crippen LogP contribution in [-0.4, -0.2) is 37.3 Å². The molecule has 0 unspecified atom stereocenters. The molecule has 1 aliphatic heterocycles. The molecule has 0 spiro atoms. The number of nitrogens with one attached hydrogen (secondary N) is 1. The summed E-state index contributed by atoms with van der Waals surface area (Å²) < 4.78 is 0. The molecule has 1 fully saturated rings. The summed E-state index contributed by atoms with van der Waals surface area (Å²) in [5.41, 5.74) is 2.39. The summed E-state index contributed by atoms with van der Waals surface area (Å²) in [5.74, 6) is 0.340. The Hall–Kier alpha value is -2.87. The first-order chi connectivity index (χ1) is 13.1. The van der Waals surface area contributed by atoms with E-state index >= 15 is 0 Å². The second-order valence-electron chi connectivity index (χ2n) is 6.58. The minimum Gasteiger partial charge on any atom is -0.327 e. The fourth-order valence-electron chi connectivity index (χ4n) is 3.30. The summed E-state index contributed by atoms with van der Waals surface area (Å²) in [5, 5.41) is 3.90. The average molecular weight is 381 g/mol. The Morgan fingerprint density at radius 3 is 2.93 bits per heavy atom. The molecule has 1 aliphatic rings. The van der Waals surface area contributed by atoms with Gasteiger partial charge in [0.2, 0.25) is 0 Å². The number of carbonyl (C=O) groups is 1. The van der Waals surface area contributed by atoms with Crippen LogP contribution < -0.4 is 5.56 Å². The van der Waals surface area contributed by atoms with Crippen molar-refractivity contribution in [2.75, 3.05) is 6.54 Å². The number of aromatic amines is 1. The first-order valence-corrected chi connectivity index (χ1v) is 9.79. The zero-order valence-electron chi connectivity index (χ0n) is 14.9. The van der Waals surface area contributed by atoms with Gasteiger partial charge in [0.25, 0.3) is 11.5 Å². The van der Waals surface area contributed by atoms with E-state index in [1.54, 1.807) is 22.4 Å². The Morgan fingerprint density at radius 2 is 2.19 bits per heavy atom. The second-order valence-corrected chi connectivity index (χ2v) is 7.36. The van der Waals surface area contributed by atoms with E-state index in [1.807, 2.05) is 23.8 Å². The van der Waals surface area contributed by atoms with Gasteiger partial charge < -0.3 is 9.88 Å². The molecule has 0 radical (unpaired) electrons. The molecule has 1 N–H and O–H groups in total. The number of likely N-dealkylation sites (tertiary alicyclic amines) is 1. The van der Waals surface area contributed by atoms with Crippen molar-refractivity contribution in [2.45, 2.75) is 32.2 Å². The highest BCUT2D eigenvalue weighted by Crippen LogP contribution is 2.30. The van der Waals surface area contributed by atoms with Crippen LogP contribution in [0.1, 0.15) is 47.3 Å². The van der Waals surface area contributed by atoms with E-state index in [1.165, 1.54) is 12.3 Å². The summed E-state index contributed by atoms with van der Waals surface area (Å²) in [7, 11) is 0. The molecule has 1 saturated heterocycles. The number of H-pyrrole nitrogens is 1. The summed E-state index contributed by atoms with van der Waals surface area (Å²) >= 11 is 1.55. The molecule has 3 aromatic heterocycles. The second kappa shape index (κ2) is 7.40. The van der Waals surface area contributed by atoms with Crippen LogP contribution in [0.15, 0.2) is 40.1 Å². The van der Waals surface area contributed by atoms with Crippen LogP contribution in [0.4, 0.5) is 0 Å². The molecular formula is C19H19N5O2S. The van der Waals surface area contributed by atoms with E-state index < -0.39 is 0 Å². The lowest BCUT2D eigenvalue weighted by molar-refractivity contribution is 0.0593. The van der Waals surface area contributed by atoms with Crippen LogP contribution in [0.25, 0.3) is 11.3 Å². The van der Waals surface area contributed by atoms with Crippen molar-refractivity contribution in [3.63, 3.8) is 0 Å². The third kappa shape index (κ3) is 3.66. The van der Waals surface area contributed by atoms with Gasteiger partial charge in [-0.2, -0.15) is 11.3 Å². The molecule has 8 heteroatoms. The molecule has 0 saturated carbocycles. The van der Waals surface area contributed by atoms with Crippen LogP contribution in [0.2, 0.25) is 0 Å². The van der Waals surface area contributed by atoms with Crippen LogP contribution in [0, 0.1) is 6.92 Å². The van der Waals surface area contributed by atoms with Gasteiger partial charge in [-0.15, -0.1) is 0 Å². The highest BCUT2D eigenvalue weighted by molar-refractivity contribution is 7.08. The third-order valence-electron chi connectivity index (χ3n) is 4.66. The van der Waals surface area contributed by atoms with Crippen LogP contribution in [0.3, 0.4) is 0 Å². The minimum atomic E-state index is -0.277. The Labute approximate surface area is 160 Å². The fraction of sp³-hybridized carbons (Fsp3) is 0.316. The number of hydrogen-bond acceptors (Lipinski definition) is 6. The van der Waals surface area contributed by atoms with Crippen molar-refractivity contribution in [3.05, 3.63) is 62.9 Å². The molecule has 0 bridgehead atoms. The van der Waals surface area contributed by atoms with E-state index in [2.05, 4.69) is 19.9 Å². The topological polar surface area (TPSA) is 91.8 Å². The molecule has 3 aromatic rings. The maximum atomic E-state index is 13.0. The number of aromatic nitrogens is 4. The van der Waals surface area contributed by atoms with Gasteiger partial charge in [0.15, 0.2) is 0 Å². The first kappa shape index (κ1) is 17.5. The van der Waals surface area contributed by atoms with Crippen molar-refractivity contribution < 1.29 is 4.79 Å². The highest BCUT2D eigenvalue weighted by Gasteiger charge is 2.31. The van der Waals surface area contributed by atoms with E-state index in [9.17, 15) is 9.59 Å². The average Bonchev–Trinajstić information content (AvgIpc) is 3.22. The number of thiophene rings is 1. The van der Waals surface area contributed by atoms with Gasteiger partial charge in [-0.05, 0) is 37.6 Å². The molecule has 1 amide bonds. The number of amides is 1. The molecule has 138 valence electrons. The number of aryl methyl sites for hydroxylation is 1. The predicted molar refractivity (Wildman–Crippen MR) is 103 cm³/mol. The van der Waals surface area contributed by atoms with Crippen molar-refractivity contribution in [2.24, 2.45) is 0 Å². The molecule has 1 atom stereocenters. The normalized spacial score (nSPS) is 17.1. The molecule has 0 aromatic carbocycles. The van der Waals surface area contributed by atoms with Crippen molar-refractivity contribution in [1.29, 1.82) is 0 Å². The number of rotatable bonds is 3. The van der Waals surface area contributed by atoms with E-state index in [0.29, 0.717) is 23.8 Å². The Balaban J connectivity index is 1.69. The standard InChI is InChI=1S/C19H19N5O2S/c1-12-9-21-15(10-20-12)19(26)24-6-3-2-4-16(24)18-22-14(8-17(25)23-18)13-5-7-27-11-13/h5,7-11,16H,2-4,6H2,1H3,(H,22,23,25)/t16-/m1/s1. The van der Waals surface area contributed by atoms with Gasteiger partial charge in [-0.3, -0.25) is 14.6 Å². The Kier molecular flexibility index (Phi) is 4.81. The lowest BCUT2D eigenvalue weighted by Crippen LogP contribution is -2.40. The molecular weight excluding hydrogens is 362 g/mol. The summed E-state index contributed by atoms with van der Waals surface area (Å²) in [6.45, 7) is 2.43. The summed E-state index contributed by atoms with van der Waals surface area (Å²) in [4.78, 5) is 42.8. The maximum absolute atomic E-state index is 13.0. The van der Waals surface area contributed by atoms with Gasteiger partial charge in [-0.25, -0.2) is 9.97 Å². The Bertz CT molecular complexity index is 998. The van der Waals surface area contributed by atoms with Gasteiger partial charge in [-0.1, -0.05) is 0 Å². The van der Waals surface area contributed by atoms with Crippen LogP contribution in [-0.2, 0) is 0 Å². The van der Waals surface area contributed by atoms with Gasteiger partial charge >= 0.3 is 0 Å². The predicted octanol–water partition coefficient (Wildman–Crippen LogP) is 2.96. The van der Waals surface area contributed by atoms with Gasteiger partial charge in [0, 0.05) is 29.8 Å². The first-order valence-electron chi connectivity index (χ1n) is 8.85. The molecule has 4 heterocycles. The zero-order valence-corrected chi connectivity index (χ0v) is 15.7. The van der Waals surface area contributed by atoms with E-state index in [0.717, 1.165) is 30.5 Å². The molecule has 0 aliphatic carbocycles. The van der Waals surface area contributed by atoms with Crippen molar-refractivity contribution >= 4 is 17.2 Å². The quantitative estimate of drug-likeness (QED) is 0.753. The van der Waals surface area contributed by atoms with E-state index in [4.69, 9.17) is 0 Å². The molecule has 27 heavy (non-hydrogen) atoms. The number of nitrogens with zero attached hydrogens (tertiary/aromatic N) is 4. The fourth-order valence-corrected chi connectivity index (χ4v) is 3.95. The summed E-state index contributed by atoms with van der Waals surface area (Å²) in [6, 6.07) is 3.15. The number of hydrogen-bond donors (Lipinski definition) is 1. The zero-order chi connectivity index (χ0) is 18.8. The molecule has 7 nitrogen and oxygen atoms in total. The smallest absolute Gasteiger partial charge is 0.274 e. The number of piperidine rings is 1.